The van der Waals surface area contributed by atoms with Gasteiger partial charge < -0.3 is 14.4 Å². The van der Waals surface area contributed by atoms with Crippen molar-refractivity contribution < 1.29 is 14.3 Å². The molecule has 0 fully saturated rings. The summed E-state index contributed by atoms with van der Waals surface area (Å²) in [5.41, 5.74) is 2.80. The first-order chi connectivity index (χ1) is 17.1. The highest BCUT2D eigenvalue weighted by atomic mass is 32.2. The zero-order valence-electron chi connectivity index (χ0n) is 20.0. The molecule has 0 spiro atoms. The van der Waals surface area contributed by atoms with Gasteiger partial charge in [-0.1, -0.05) is 60.3 Å². The number of hydrogen-bond donors (Lipinski definition) is 0. The van der Waals surface area contributed by atoms with Crippen molar-refractivity contribution in [2.45, 2.75) is 18.6 Å². The van der Waals surface area contributed by atoms with Crippen molar-refractivity contribution in [2.24, 2.45) is 0 Å². The summed E-state index contributed by atoms with van der Waals surface area (Å²) in [5.74, 6) is 2.50. The van der Waals surface area contributed by atoms with Gasteiger partial charge in [-0.2, -0.15) is 0 Å². The summed E-state index contributed by atoms with van der Waals surface area (Å²) in [6.45, 7) is 3.02. The largest absolute Gasteiger partial charge is 0.496 e. The van der Waals surface area contributed by atoms with Gasteiger partial charge in [0.25, 0.3) is 0 Å². The summed E-state index contributed by atoms with van der Waals surface area (Å²) < 4.78 is 13.0. The van der Waals surface area contributed by atoms with E-state index in [2.05, 4.69) is 10.2 Å². The number of carbonyl (C=O) groups is 1. The Morgan fingerprint density at radius 1 is 0.971 bits per heavy atom. The summed E-state index contributed by atoms with van der Waals surface area (Å²) in [6, 6.07) is 25.4. The fourth-order valence-electron chi connectivity index (χ4n) is 3.64. The van der Waals surface area contributed by atoms with Gasteiger partial charge in [-0.25, -0.2) is 0 Å². The molecule has 0 aliphatic rings. The van der Waals surface area contributed by atoms with Crippen molar-refractivity contribution in [2.75, 3.05) is 26.5 Å². The Labute approximate surface area is 209 Å². The number of aromatic nitrogens is 3. The summed E-state index contributed by atoms with van der Waals surface area (Å²) in [5, 5.41) is 9.52. The van der Waals surface area contributed by atoms with Gasteiger partial charge in [-0.15, -0.1) is 10.2 Å². The first-order valence-corrected chi connectivity index (χ1v) is 12.3. The van der Waals surface area contributed by atoms with E-state index in [0.717, 1.165) is 28.3 Å². The third-order valence-electron chi connectivity index (χ3n) is 5.42. The maximum absolute atomic E-state index is 13.0. The molecule has 1 heterocycles. The summed E-state index contributed by atoms with van der Waals surface area (Å²) in [7, 11) is 3.43. The molecule has 0 N–H and O–H groups in total. The van der Waals surface area contributed by atoms with Crippen LogP contribution in [0, 0.1) is 0 Å². The minimum Gasteiger partial charge on any atom is -0.496 e. The molecule has 3 aromatic carbocycles. The van der Waals surface area contributed by atoms with E-state index in [4.69, 9.17) is 9.47 Å². The van der Waals surface area contributed by atoms with Crippen molar-refractivity contribution in [1.29, 1.82) is 0 Å². The van der Waals surface area contributed by atoms with E-state index in [9.17, 15) is 4.79 Å². The van der Waals surface area contributed by atoms with Crippen LogP contribution < -0.4 is 9.47 Å². The number of nitrogens with zero attached hydrogens (tertiary/aromatic N) is 4. The molecule has 0 aliphatic heterocycles. The van der Waals surface area contributed by atoms with Gasteiger partial charge in [-0.3, -0.25) is 9.36 Å². The maximum Gasteiger partial charge on any atom is 0.233 e. The lowest BCUT2D eigenvalue weighted by Gasteiger charge is -2.18. The molecule has 0 saturated heterocycles. The molecule has 1 amide bonds. The van der Waals surface area contributed by atoms with Gasteiger partial charge in [-0.05, 0) is 37.3 Å². The highest BCUT2D eigenvalue weighted by Gasteiger charge is 2.19. The topological polar surface area (TPSA) is 69.5 Å². The van der Waals surface area contributed by atoms with Gasteiger partial charge in [0.05, 0.1) is 19.5 Å². The lowest BCUT2D eigenvalue weighted by molar-refractivity contribution is -0.127. The zero-order chi connectivity index (χ0) is 24.6. The smallest absolute Gasteiger partial charge is 0.233 e. The Morgan fingerprint density at radius 3 is 2.40 bits per heavy atom. The molecule has 4 rings (SSSR count). The van der Waals surface area contributed by atoms with Crippen LogP contribution >= 0.6 is 11.8 Å². The Hall–Kier alpha value is -3.78. The number of ether oxygens (including phenoxy) is 2. The molecule has 0 radical (unpaired) electrons. The van der Waals surface area contributed by atoms with Crippen molar-refractivity contribution >= 4 is 17.7 Å². The highest BCUT2D eigenvalue weighted by Crippen LogP contribution is 2.29. The van der Waals surface area contributed by atoms with Gasteiger partial charge in [0, 0.05) is 30.4 Å². The van der Waals surface area contributed by atoms with Crippen molar-refractivity contribution in [1.82, 2.24) is 19.7 Å². The zero-order valence-corrected chi connectivity index (χ0v) is 20.9. The molecule has 1 aromatic heterocycles. The Bertz CT molecular complexity index is 1260. The Balaban J connectivity index is 1.55. The fourth-order valence-corrected chi connectivity index (χ4v) is 4.53. The monoisotopic (exact) mass is 488 g/mol. The summed E-state index contributed by atoms with van der Waals surface area (Å²) in [6.07, 6.45) is 0. The van der Waals surface area contributed by atoms with Crippen LogP contribution in [0.4, 0.5) is 0 Å². The van der Waals surface area contributed by atoms with Gasteiger partial charge in [0.1, 0.15) is 11.5 Å². The van der Waals surface area contributed by atoms with E-state index in [1.54, 1.807) is 19.1 Å². The highest BCUT2D eigenvalue weighted by molar-refractivity contribution is 7.99. The number of methoxy groups -OCH3 is 1. The van der Waals surface area contributed by atoms with Crippen LogP contribution in [-0.4, -0.2) is 52.1 Å². The second-order valence-electron chi connectivity index (χ2n) is 7.78. The van der Waals surface area contributed by atoms with Gasteiger partial charge >= 0.3 is 0 Å². The normalized spacial score (nSPS) is 10.7. The van der Waals surface area contributed by atoms with E-state index in [1.165, 1.54) is 11.8 Å². The average molecular weight is 489 g/mol. The van der Waals surface area contributed by atoms with Crippen LogP contribution in [0.5, 0.6) is 11.5 Å². The summed E-state index contributed by atoms with van der Waals surface area (Å²) >= 11 is 1.36. The Morgan fingerprint density at radius 2 is 1.69 bits per heavy atom. The number of thioether (sulfide) groups is 1. The molecule has 35 heavy (non-hydrogen) atoms. The molecule has 180 valence electrons. The predicted molar refractivity (Wildman–Crippen MR) is 138 cm³/mol. The van der Waals surface area contributed by atoms with Crippen LogP contribution in [0.25, 0.3) is 17.1 Å². The molecule has 8 heteroatoms. The summed E-state index contributed by atoms with van der Waals surface area (Å²) in [4.78, 5) is 14.6. The molecule has 0 unspecified atom stereocenters. The SMILES string of the molecule is CCOc1ccc(-n2c(SCC(=O)N(C)Cc3ccccc3OC)nnc2-c2ccccc2)cc1. The van der Waals surface area contributed by atoms with Crippen LogP contribution in [0.2, 0.25) is 0 Å². The lowest BCUT2D eigenvalue weighted by atomic mass is 10.2. The van der Waals surface area contributed by atoms with E-state index >= 15 is 0 Å². The number of amides is 1. The molecule has 0 bridgehead atoms. The number of rotatable bonds is 10. The molecule has 0 atom stereocenters. The van der Waals surface area contributed by atoms with Crippen molar-refractivity contribution in [3.63, 3.8) is 0 Å². The maximum atomic E-state index is 13.0. The van der Waals surface area contributed by atoms with Gasteiger partial charge in [0.2, 0.25) is 5.91 Å². The number of carbonyl (C=O) groups excluding carboxylic acids is 1. The van der Waals surface area contributed by atoms with Crippen molar-refractivity contribution in [3.8, 4) is 28.6 Å². The number of hydrogen-bond acceptors (Lipinski definition) is 6. The third-order valence-corrected chi connectivity index (χ3v) is 6.34. The minimum absolute atomic E-state index is 0.0107. The molecular weight excluding hydrogens is 460 g/mol. The molecule has 0 aliphatic carbocycles. The number of para-hydroxylation sites is 1. The van der Waals surface area contributed by atoms with Crippen LogP contribution in [-0.2, 0) is 11.3 Å². The van der Waals surface area contributed by atoms with E-state index < -0.39 is 0 Å². The van der Waals surface area contributed by atoms with Crippen molar-refractivity contribution in [3.05, 3.63) is 84.4 Å². The van der Waals surface area contributed by atoms with E-state index in [1.807, 2.05) is 90.4 Å². The third kappa shape index (κ3) is 5.84. The second kappa shape index (κ2) is 11.6. The average Bonchev–Trinajstić information content (AvgIpc) is 3.32. The molecular formula is C27H28N4O3S. The van der Waals surface area contributed by atoms with E-state index in [0.29, 0.717) is 24.1 Å². The van der Waals surface area contributed by atoms with Crippen LogP contribution in [0.1, 0.15) is 12.5 Å². The standard InChI is InChI=1S/C27H28N4O3S/c1-4-34-23-16-14-22(15-17-23)31-26(20-10-6-5-7-11-20)28-29-27(31)35-19-25(32)30(2)18-21-12-8-9-13-24(21)33-3/h5-17H,4,18-19H2,1-3H3. The quantitative estimate of drug-likeness (QED) is 0.290. The van der Waals surface area contributed by atoms with Crippen LogP contribution in [0.3, 0.4) is 0 Å². The predicted octanol–water partition coefficient (Wildman–Crippen LogP) is 5.09. The van der Waals surface area contributed by atoms with E-state index in [-0.39, 0.29) is 11.7 Å². The first kappa shape index (κ1) is 24.3. The Kier molecular flexibility index (Phi) is 8.05. The second-order valence-corrected chi connectivity index (χ2v) is 8.73. The number of benzene rings is 3. The molecule has 7 nitrogen and oxygen atoms in total. The minimum atomic E-state index is -0.0107. The molecule has 4 aromatic rings. The first-order valence-electron chi connectivity index (χ1n) is 11.3. The fraction of sp³-hybridized carbons (Fsp3) is 0.222. The van der Waals surface area contributed by atoms with Crippen LogP contribution in [0.15, 0.2) is 84.0 Å². The lowest BCUT2D eigenvalue weighted by Crippen LogP contribution is -2.28. The van der Waals surface area contributed by atoms with Gasteiger partial charge in [0.15, 0.2) is 11.0 Å². The molecule has 0 saturated carbocycles.